The lowest BCUT2D eigenvalue weighted by Crippen LogP contribution is -2.20. The minimum absolute atomic E-state index is 0.0288. The van der Waals surface area contributed by atoms with Gasteiger partial charge in [0.05, 0.1) is 18.3 Å². The third kappa shape index (κ3) is 2.62. The van der Waals surface area contributed by atoms with E-state index < -0.39 is 0 Å². The number of aryl methyl sites for hydroxylation is 1. The van der Waals surface area contributed by atoms with Crippen molar-refractivity contribution in [1.82, 2.24) is 9.55 Å². The molecule has 3 nitrogen and oxygen atoms in total. The molecule has 0 amide bonds. The number of thiophene rings is 2. The van der Waals surface area contributed by atoms with Gasteiger partial charge in [0.25, 0.3) is 5.56 Å². The van der Waals surface area contributed by atoms with E-state index in [4.69, 9.17) is 0 Å². The van der Waals surface area contributed by atoms with E-state index in [9.17, 15) is 4.79 Å². The van der Waals surface area contributed by atoms with Gasteiger partial charge in [-0.25, -0.2) is 4.98 Å². The molecule has 114 valence electrons. The van der Waals surface area contributed by atoms with E-state index in [1.807, 2.05) is 35.7 Å². The predicted octanol–water partition coefficient (Wildman–Crippen LogP) is 4.54. The van der Waals surface area contributed by atoms with Crippen LogP contribution in [0.4, 0.5) is 0 Å². The van der Waals surface area contributed by atoms with Crippen LogP contribution in [-0.4, -0.2) is 9.55 Å². The maximum atomic E-state index is 12.9. The van der Waals surface area contributed by atoms with Crippen molar-refractivity contribution in [2.75, 3.05) is 0 Å². The van der Waals surface area contributed by atoms with Gasteiger partial charge in [-0.05, 0) is 24.6 Å². The van der Waals surface area contributed by atoms with Crippen molar-refractivity contribution in [2.45, 2.75) is 13.5 Å². The molecule has 0 aliphatic carbocycles. The molecule has 0 saturated heterocycles. The van der Waals surface area contributed by atoms with Gasteiger partial charge in [0.15, 0.2) is 0 Å². The van der Waals surface area contributed by atoms with Crippen molar-refractivity contribution in [3.8, 4) is 10.4 Å². The molecule has 0 saturated carbocycles. The monoisotopic (exact) mass is 338 g/mol. The maximum Gasteiger partial charge on any atom is 0.263 e. The minimum Gasteiger partial charge on any atom is -0.294 e. The Kier molecular flexibility index (Phi) is 3.59. The number of hydrogen-bond acceptors (Lipinski definition) is 4. The molecule has 0 atom stereocenters. The summed E-state index contributed by atoms with van der Waals surface area (Å²) in [7, 11) is 0. The first-order valence-electron chi connectivity index (χ1n) is 7.30. The van der Waals surface area contributed by atoms with Crippen molar-refractivity contribution in [1.29, 1.82) is 0 Å². The largest absolute Gasteiger partial charge is 0.294 e. The number of benzene rings is 1. The fourth-order valence-electron chi connectivity index (χ4n) is 2.62. The average molecular weight is 338 g/mol. The molecule has 3 heterocycles. The van der Waals surface area contributed by atoms with Crippen LogP contribution in [-0.2, 0) is 6.54 Å². The van der Waals surface area contributed by atoms with E-state index in [1.54, 1.807) is 22.2 Å². The van der Waals surface area contributed by atoms with Crippen LogP contribution in [0.1, 0.15) is 10.4 Å². The first-order valence-corrected chi connectivity index (χ1v) is 8.99. The van der Waals surface area contributed by atoms with Crippen LogP contribution in [0.5, 0.6) is 0 Å². The smallest absolute Gasteiger partial charge is 0.263 e. The summed E-state index contributed by atoms with van der Waals surface area (Å²) in [5, 5.41) is 2.77. The zero-order valence-corrected chi connectivity index (χ0v) is 14.2. The van der Waals surface area contributed by atoms with Crippen molar-refractivity contribution in [3.05, 3.63) is 75.0 Å². The highest BCUT2D eigenvalue weighted by Gasteiger charge is 2.14. The second-order valence-electron chi connectivity index (χ2n) is 5.40. The number of rotatable bonds is 3. The van der Waals surface area contributed by atoms with Crippen LogP contribution in [0.25, 0.3) is 20.7 Å². The Balaban J connectivity index is 1.85. The Morgan fingerprint density at radius 2 is 1.96 bits per heavy atom. The van der Waals surface area contributed by atoms with Gasteiger partial charge >= 0.3 is 0 Å². The Morgan fingerprint density at radius 3 is 2.70 bits per heavy atom. The lowest BCUT2D eigenvalue weighted by Gasteiger charge is -2.06. The third-order valence-corrected chi connectivity index (χ3v) is 5.68. The van der Waals surface area contributed by atoms with E-state index in [0.717, 1.165) is 26.2 Å². The van der Waals surface area contributed by atoms with Crippen LogP contribution >= 0.6 is 22.7 Å². The fraction of sp³-hybridized carbons (Fsp3) is 0.111. The lowest BCUT2D eigenvalue weighted by molar-refractivity contribution is 0.749. The van der Waals surface area contributed by atoms with Gasteiger partial charge in [0.1, 0.15) is 4.83 Å². The van der Waals surface area contributed by atoms with Gasteiger partial charge in [0.2, 0.25) is 0 Å². The quantitative estimate of drug-likeness (QED) is 0.549. The highest BCUT2D eigenvalue weighted by atomic mass is 32.1. The Hall–Kier alpha value is -2.24. The standard InChI is InChI=1S/C18H14N2OS2/c1-12-7-8-15(23-12)14-10-22-17-16(14)18(21)20(11-19-17)9-13-5-3-2-4-6-13/h2-8,10-11H,9H2,1H3. The van der Waals surface area contributed by atoms with E-state index in [2.05, 4.69) is 24.0 Å². The van der Waals surface area contributed by atoms with Gasteiger partial charge in [0, 0.05) is 20.7 Å². The molecule has 0 N–H and O–H groups in total. The Labute approximate surface area is 141 Å². The predicted molar refractivity (Wildman–Crippen MR) is 97.5 cm³/mol. The summed E-state index contributed by atoms with van der Waals surface area (Å²) >= 11 is 3.24. The SMILES string of the molecule is Cc1ccc(-c2csc3ncn(Cc4ccccc4)c(=O)c23)s1. The molecular weight excluding hydrogens is 324 g/mol. The van der Waals surface area contributed by atoms with Gasteiger partial charge in [-0.2, -0.15) is 0 Å². The van der Waals surface area contributed by atoms with Crippen molar-refractivity contribution >= 4 is 32.9 Å². The molecule has 0 fully saturated rings. The molecule has 0 aliphatic heterocycles. The summed E-state index contributed by atoms with van der Waals surface area (Å²) in [6, 6.07) is 14.1. The molecule has 1 aromatic carbocycles. The van der Waals surface area contributed by atoms with Crippen molar-refractivity contribution in [2.24, 2.45) is 0 Å². The fourth-order valence-corrected chi connectivity index (χ4v) is 4.48. The molecule has 3 aromatic heterocycles. The number of hydrogen-bond donors (Lipinski definition) is 0. The van der Waals surface area contributed by atoms with Gasteiger partial charge in [-0.3, -0.25) is 9.36 Å². The van der Waals surface area contributed by atoms with Crippen LogP contribution in [0.3, 0.4) is 0 Å². The third-order valence-electron chi connectivity index (χ3n) is 3.76. The Morgan fingerprint density at radius 1 is 1.13 bits per heavy atom. The summed E-state index contributed by atoms with van der Waals surface area (Å²) in [6.45, 7) is 2.62. The molecule has 4 aromatic rings. The normalized spacial score (nSPS) is 11.2. The van der Waals surface area contributed by atoms with Crippen molar-refractivity contribution in [3.63, 3.8) is 0 Å². The molecular formula is C18H14N2OS2. The molecule has 0 unspecified atom stereocenters. The lowest BCUT2D eigenvalue weighted by atomic mass is 10.2. The average Bonchev–Trinajstić information content (AvgIpc) is 3.17. The first kappa shape index (κ1) is 14.4. The zero-order chi connectivity index (χ0) is 15.8. The minimum atomic E-state index is 0.0288. The molecule has 0 bridgehead atoms. The van der Waals surface area contributed by atoms with E-state index in [1.165, 1.54) is 16.2 Å². The Bertz CT molecular complexity index is 1030. The van der Waals surface area contributed by atoms with Crippen LogP contribution in [0.2, 0.25) is 0 Å². The molecule has 0 aliphatic rings. The van der Waals surface area contributed by atoms with E-state index in [0.29, 0.717) is 6.54 Å². The second-order valence-corrected chi connectivity index (χ2v) is 7.55. The zero-order valence-electron chi connectivity index (χ0n) is 12.5. The van der Waals surface area contributed by atoms with E-state index in [-0.39, 0.29) is 5.56 Å². The summed E-state index contributed by atoms with van der Waals surface area (Å²) in [4.78, 5) is 20.6. The second kappa shape index (κ2) is 5.76. The number of fused-ring (bicyclic) bond motifs is 1. The molecule has 0 spiro atoms. The van der Waals surface area contributed by atoms with E-state index >= 15 is 0 Å². The summed E-state index contributed by atoms with van der Waals surface area (Å²) in [5.74, 6) is 0. The van der Waals surface area contributed by atoms with Gasteiger partial charge in [-0.15, -0.1) is 22.7 Å². The topological polar surface area (TPSA) is 34.9 Å². The molecule has 5 heteroatoms. The molecule has 23 heavy (non-hydrogen) atoms. The summed E-state index contributed by atoms with van der Waals surface area (Å²) in [6.07, 6.45) is 1.65. The summed E-state index contributed by atoms with van der Waals surface area (Å²) in [5.41, 5.74) is 2.13. The number of aromatic nitrogens is 2. The van der Waals surface area contributed by atoms with Crippen molar-refractivity contribution < 1.29 is 0 Å². The highest BCUT2D eigenvalue weighted by molar-refractivity contribution is 7.19. The van der Waals surface area contributed by atoms with Gasteiger partial charge < -0.3 is 0 Å². The van der Waals surface area contributed by atoms with Crippen LogP contribution in [0, 0.1) is 6.92 Å². The van der Waals surface area contributed by atoms with Crippen LogP contribution < -0.4 is 5.56 Å². The first-order chi connectivity index (χ1) is 11.2. The van der Waals surface area contributed by atoms with Gasteiger partial charge in [-0.1, -0.05) is 30.3 Å². The number of nitrogens with zero attached hydrogens (tertiary/aromatic N) is 2. The highest BCUT2D eigenvalue weighted by Crippen LogP contribution is 2.34. The molecule has 4 rings (SSSR count). The maximum absolute atomic E-state index is 12.9. The molecule has 0 radical (unpaired) electrons. The van der Waals surface area contributed by atoms with Crippen LogP contribution in [0.15, 0.2) is 59.0 Å². The summed E-state index contributed by atoms with van der Waals surface area (Å²) < 4.78 is 1.69.